The van der Waals surface area contributed by atoms with E-state index in [1.807, 2.05) is 17.0 Å². The summed E-state index contributed by atoms with van der Waals surface area (Å²) in [6, 6.07) is 3.81. The number of rotatable bonds is 4. The highest BCUT2D eigenvalue weighted by Gasteiger charge is 2.27. The normalized spacial score (nSPS) is 15.9. The Morgan fingerprint density at radius 2 is 2.21 bits per heavy atom. The molecule has 1 aromatic carbocycles. The van der Waals surface area contributed by atoms with Gasteiger partial charge in [0.2, 0.25) is 0 Å². The molecule has 0 radical (unpaired) electrons. The fourth-order valence-electron chi connectivity index (χ4n) is 2.23. The van der Waals surface area contributed by atoms with Crippen LogP contribution in [0.2, 0.25) is 0 Å². The van der Waals surface area contributed by atoms with Gasteiger partial charge in [-0.15, -0.1) is 0 Å². The van der Waals surface area contributed by atoms with Crippen molar-refractivity contribution in [3.8, 4) is 11.5 Å². The van der Waals surface area contributed by atoms with Crippen molar-refractivity contribution in [2.75, 3.05) is 34.1 Å². The predicted molar refractivity (Wildman–Crippen MR) is 71.8 cm³/mol. The number of hydrogen-bond acceptors (Lipinski definition) is 6. The number of fused-ring (bicyclic) bond motifs is 3. The quantitative estimate of drug-likeness (QED) is 0.769. The average Bonchev–Trinajstić information content (AvgIpc) is 2.92. The zero-order valence-electron chi connectivity index (χ0n) is 10.9. The average molecular weight is 261 g/mol. The van der Waals surface area contributed by atoms with Crippen molar-refractivity contribution in [2.45, 2.75) is 0 Å². The number of aliphatic imine (C=N–C) groups is 2. The molecular weight excluding hydrogens is 246 g/mol. The molecule has 0 fully saturated rings. The third-order valence-corrected chi connectivity index (χ3v) is 3.07. The molecule has 0 saturated heterocycles. The monoisotopic (exact) mass is 261 g/mol. The number of methoxy groups -OCH3 is 2. The van der Waals surface area contributed by atoms with Gasteiger partial charge in [0.1, 0.15) is 11.5 Å². The van der Waals surface area contributed by atoms with Gasteiger partial charge < -0.3 is 19.1 Å². The molecule has 0 spiro atoms. The van der Waals surface area contributed by atoms with Gasteiger partial charge in [-0.2, -0.15) is 0 Å². The zero-order valence-corrected chi connectivity index (χ0v) is 10.9. The van der Waals surface area contributed by atoms with Crippen molar-refractivity contribution in [3.05, 3.63) is 17.7 Å². The van der Waals surface area contributed by atoms with E-state index >= 15 is 0 Å². The minimum Gasteiger partial charge on any atom is -0.491 e. The fourth-order valence-corrected chi connectivity index (χ4v) is 2.23. The van der Waals surface area contributed by atoms with Gasteiger partial charge in [0.25, 0.3) is 0 Å². The molecule has 0 N–H and O–H groups in total. The number of hydrogen-bond donors (Lipinski definition) is 0. The van der Waals surface area contributed by atoms with E-state index in [0.717, 1.165) is 30.2 Å². The molecule has 0 saturated carbocycles. The SMILES string of the molecule is COCOc1ccc2c(c1OC)N=CN1CCN=C21. The Hall–Kier alpha value is -2.08. The summed E-state index contributed by atoms with van der Waals surface area (Å²) in [7, 11) is 3.18. The molecule has 1 aromatic rings. The molecule has 0 bridgehead atoms. The van der Waals surface area contributed by atoms with E-state index < -0.39 is 0 Å². The third kappa shape index (κ3) is 1.94. The van der Waals surface area contributed by atoms with Crippen LogP contribution < -0.4 is 9.47 Å². The van der Waals surface area contributed by atoms with Gasteiger partial charge in [-0.05, 0) is 12.1 Å². The van der Waals surface area contributed by atoms with Crippen molar-refractivity contribution in [1.82, 2.24) is 4.90 Å². The van der Waals surface area contributed by atoms with Crippen LogP contribution in [0.1, 0.15) is 5.56 Å². The van der Waals surface area contributed by atoms with Crippen molar-refractivity contribution in [2.24, 2.45) is 9.98 Å². The van der Waals surface area contributed by atoms with Gasteiger partial charge in [0.15, 0.2) is 18.3 Å². The molecular formula is C13H15N3O3. The maximum Gasteiger partial charge on any atom is 0.188 e. The second-order valence-corrected chi connectivity index (χ2v) is 4.19. The van der Waals surface area contributed by atoms with Gasteiger partial charge in [-0.1, -0.05) is 0 Å². The van der Waals surface area contributed by atoms with E-state index in [-0.39, 0.29) is 6.79 Å². The molecule has 0 aromatic heterocycles. The van der Waals surface area contributed by atoms with Crippen LogP contribution in [0.3, 0.4) is 0 Å². The second kappa shape index (κ2) is 4.89. The third-order valence-electron chi connectivity index (χ3n) is 3.07. The summed E-state index contributed by atoms with van der Waals surface area (Å²) in [6.45, 7) is 1.85. The fraction of sp³-hybridized carbons (Fsp3) is 0.385. The topological polar surface area (TPSA) is 55.6 Å². The van der Waals surface area contributed by atoms with Crippen LogP contribution in [0.5, 0.6) is 11.5 Å². The lowest BCUT2D eigenvalue weighted by Gasteiger charge is -2.23. The van der Waals surface area contributed by atoms with E-state index in [4.69, 9.17) is 14.2 Å². The molecule has 2 aliphatic heterocycles. The number of ether oxygens (including phenoxy) is 3. The smallest absolute Gasteiger partial charge is 0.188 e. The van der Waals surface area contributed by atoms with Crippen molar-refractivity contribution in [1.29, 1.82) is 0 Å². The molecule has 6 nitrogen and oxygen atoms in total. The first-order chi connectivity index (χ1) is 9.35. The van der Waals surface area contributed by atoms with Crippen molar-refractivity contribution < 1.29 is 14.2 Å². The van der Waals surface area contributed by atoms with Crippen LogP contribution in [-0.2, 0) is 4.74 Å². The molecule has 0 atom stereocenters. The maximum atomic E-state index is 5.48. The summed E-state index contributed by atoms with van der Waals surface area (Å²) in [4.78, 5) is 11.0. The largest absolute Gasteiger partial charge is 0.491 e. The summed E-state index contributed by atoms with van der Waals surface area (Å²) in [6.07, 6.45) is 1.79. The molecule has 3 rings (SSSR count). The molecule has 100 valence electrons. The first kappa shape index (κ1) is 12.0. The van der Waals surface area contributed by atoms with Crippen LogP contribution in [0, 0.1) is 0 Å². The van der Waals surface area contributed by atoms with Crippen molar-refractivity contribution in [3.63, 3.8) is 0 Å². The minimum atomic E-state index is 0.173. The number of benzene rings is 1. The molecule has 19 heavy (non-hydrogen) atoms. The zero-order chi connectivity index (χ0) is 13.2. The lowest BCUT2D eigenvalue weighted by molar-refractivity contribution is 0.0492. The Kier molecular flexibility index (Phi) is 3.08. The first-order valence-corrected chi connectivity index (χ1v) is 6.03. The molecule has 2 heterocycles. The van der Waals surface area contributed by atoms with Gasteiger partial charge in [-0.3, -0.25) is 4.99 Å². The highest BCUT2D eigenvalue weighted by molar-refractivity contribution is 6.12. The maximum absolute atomic E-state index is 5.48. The van der Waals surface area contributed by atoms with Gasteiger partial charge >= 0.3 is 0 Å². The summed E-state index contributed by atoms with van der Waals surface area (Å²) >= 11 is 0. The van der Waals surface area contributed by atoms with E-state index in [2.05, 4.69) is 9.98 Å². The van der Waals surface area contributed by atoms with E-state index in [1.54, 1.807) is 20.6 Å². The lowest BCUT2D eigenvalue weighted by atomic mass is 10.1. The Morgan fingerprint density at radius 1 is 1.32 bits per heavy atom. The lowest BCUT2D eigenvalue weighted by Crippen LogP contribution is -2.29. The first-order valence-electron chi connectivity index (χ1n) is 6.03. The summed E-state index contributed by atoms with van der Waals surface area (Å²) in [5.41, 5.74) is 1.73. The Morgan fingerprint density at radius 3 is 3.00 bits per heavy atom. The van der Waals surface area contributed by atoms with Crippen molar-refractivity contribution >= 4 is 17.9 Å². The summed E-state index contributed by atoms with van der Waals surface area (Å²) in [5.74, 6) is 2.17. The van der Waals surface area contributed by atoms with Gasteiger partial charge in [0.05, 0.1) is 20.0 Å². The molecule has 0 aliphatic carbocycles. The van der Waals surface area contributed by atoms with Gasteiger partial charge in [-0.25, -0.2) is 4.99 Å². The number of amidine groups is 1. The van der Waals surface area contributed by atoms with Crippen LogP contribution >= 0.6 is 0 Å². The van der Waals surface area contributed by atoms with E-state index in [0.29, 0.717) is 11.5 Å². The second-order valence-electron chi connectivity index (χ2n) is 4.19. The highest BCUT2D eigenvalue weighted by atomic mass is 16.7. The predicted octanol–water partition coefficient (Wildman–Crippen LogP) is 1.41. The minimum absolute atomic E-state index is 0.173. The standard InChI is InChI=1S/C13H15N3O3/c1-17-8-19-10-4-3-9-11(12(10)18-2)15-7-16-6-5-14-13(9)16/h3-4,7H,5-6,8H2,1-2H3. The van der Waals surface area contributed by atoms with Crippen LogP contribution in [0.4, 0.5) is 5.69 Å². The number of nitrogens with zero attached hydrogens (tertiary/aromatic N) is 3. The van der Waals surface area contributed by atoms with Crippen LogP contribution in [-0.4, -0.2) is 51.2 Å². The van der Waals surface area contributed by atoms with Gasteiger partial charge in [0, 0.05) is 19.2 Å². The van der Waals surface area contributed by atoms with Crippen LogP contribution in [0.25, 0.3) is 0 Å². The summed E-state index contributed by atoms with van der Waals surface area (Å²) in [5, 5.41) is 0. The summed E-state index contributed by atoms with van der Waals surface area (Å²) < 4.78 is 15.8. The molecule has 2 aliphatic rings. The Balaban J connectivity index is 2.05. The van der Waals surface area contributed by atoms with E-state index in [9.17, 15) is 0 Å². The Bertz CT molecular complexity index is 554. The molecule has 0 unspecified atom stereocenters. The molecule has 6 heteroatoms. The Labute approximate surface area is 111 Å². The van der Waals surface area contributed by atoms with E-state index in [1.165, 1.54) is 0 Å². The highest BCUT2D eigenvalue weighted by Crippen LogP contribution is 2.42. The van der Waals surface area contributed by atoms with Crippen LogP contribution in [0.15, 0.2) is 22.1 Å². The molecule has 0 amide bonds.